The smallest absolute Gasteiger partial charge is 0.255 e. The molecule has 58 valence electrons. The third-order valence-corrected chi connectivity index (χ3v) is 0.218. The molecule has 1 nitrogen and oxygen atoms in total. The summed E-state index contributed by atoms with van der Waals surface area (Å²) in [5.41, 5.74) is 0. The molecule has 0 aliphatic heterocycles. The predicted octanol–water partition coefficient (Wildman–Crippen LogP) is 2.04. The summed E-state index contributed by atoms with van der Waals surface area (Å²) in [5.74, 6) is 0. The Bertz CT molecular complexity index is 50.7. The zero-order valence-corrected chi connectivity index (χ0v) is 4.51. The second-order valence-electron chi connectivity index (χ2n) is 0.869. The predicted molar refractivity (Wildman–Crippen MR) is 20.1 cm³/mol. The highest BCUT2D eigenvalue weighted by molar-refractivity contribution is 4.40. The lowest BCUT2D eigenvalue weighted by Gasteiger charge is -1.97. The van der Waals surface area contributed by atoms with Gasteiger partial charge in [-0.2, -0.15) is 18.1 Å². The molecule has 0 radical (unpaired) electrons. The van der Waals surface area contributed by atoms with E-state index in [0.717, 1.165) is 0 Å². The number of alkyl halides is 4. The van der Waals surface area contributed by atoms with Crippen LogP contribution in [0, 0.1) is 0 Å². The Hall–Kier alpha value is -0.390. The molecular formula is C3H5F5O. The molecule has 0 atom stereocenters. The number of hydrogen-bond donors (Lipinski definition) is 0. The van der Waals surface area contributed by atoms with Crippen LogP contribution in [0.2, 0.25) is 0 Å². The molecule has 0 aromatic heterocycles. The van der Waals surface area contributed by atoms with Gasteiger partial charge < -0.3 is 0 Å². The molecule has 0 aliphatic carbocycles. The first-order chi connectivity index (χ1) is 4.06. The minimum Gasteiger partial charge on any atom is -0.255 e. The Morgan fingerprint density at radius 1 is 1.22 bits per heavy atom. The second-order valence-corrected chi connectivity index (χ2v) is 0.869. The molecule has 0 amide bonds. The fourth-order valence-corrected chi connectivity index (χ4v) is 0.0619. The summed E-state index contributed by atoms with van der Waals surface area (Å²) < 4.78 is 51.8. The first-order valence-corrected chi connectivity index (χ1v) is 1.74. The lowest BCUT2D eigenvalue weighted by atomic mass is 10.7. The fraction of sp³-hybridized carbons (Fsp3) is 1.00. The normalized spacial score (nSPS) is 10.0. The molecule has 6 heteroatoms. The number of hydrogen-bond acceptors (Lipinski definition) is 1. The highest BCUT2D eigenvalue weighted by Crippen LogP contribution is 2.13. The molecular weight excluding hydrogens is 147 g/mol. The van der Waals surface area contributed by atoms with Crippen LogP contribution in [0.1, 0.15) is 0 Å². The van der Waals surface area contributed by atoms with Crippen LogP contribution in [0.4, 0.5) is 22.1 Å². The van der Waals surface area contributed by atoms with Crippen molar-refractivity contribution in [1.82, 2.24) is 0 Å². The molecule has 0 aliphatic rings. The van der Waals surface area contributed by atoms with Crippen LogP contribution in [0.3, 0.4) is 0 Å². The van der Waals surface area contributed by atoms with E-state index in [0.29, 0.717) is 7.18 Å². The fourth-order valence-electron chi connectivity index (χ4n) is 0.0619. The van der Waals surface area contributed by atoms with Gasteiger partial charge in [0, 0.05) is 0 Å². The van der Waals surface area contributed by atoms with Gasteiger partial charge in [-0.1, -0.05) is 0 Å². The van der Waals surface area contributed by atoms with Gasteiger partial charge in [-0.25, -0.2) is 0 Å². The molecule has 0 saturated heterocycles. The maximum atomic E-state index is 10.7. The Kier molecular flexibility index (Phi) is 7.28. The molecule has 0 unspecified atom stereocenters. The van der Waals surface area contributed by atoms with E-state index < -0.39 is 12.8 Å². The van der Waals surface area contributed by atoms with Crippen LogP contribution in [0.25, 0.3) is 0 Å². The highest BCUT2D eigenvalue weighted by Gasteiger charge is 2.27. The minimum absolute atomic E-state index is 0.500. The summed E-state index contributed by atoms with van der Waals surface area (Å²) in [6, 6.07) is 0. The Balaban J connectivity index is 0. The standard InChI is InChI=1S/C2H2F4O.CH3F/c3-2(4,5)1-7-6;1-2/h1H2;1H3. The molecule has 0 heterocycles. The quantitative estimate of drug-likeness (QED) is 0.522. The van der Waals surface area contributed by atoms with Gasteiger partial charge in [0.1, 0.15) is 0 Å². The van der Waals surface area contributed by atoms with Gasteiger partial charge in [-0.15, -0.1) is 0 Å². The summed E-state index contributed by atoms with van der Waals surface area (Å²) in [6.07, 6.45) is -4.55. The monoisotopic (exact) mass is 152 g/mol. The van der Waals surface area contributed by atoms with Gasteiger partial charge in [0.05, 0.1) is 7.18 Å². The average Bonchev–Trinajstić information content (AvgIpc) is 1.69. The first-order valence-electron chi connectivity index (χ1n) is 1.74. The van der Waals surface area contributed by atoms with Gasteiger partial charge in [0.2, 0.25) is 0 Å². The van der Waals surface area contributed by atoms with Crippen LogP contribution >= 0.6 is 0 Å². The van der Waals surface area contributed by atoms with Crippen LogP contribution in [0.15, 0.2) is 0 Å². The maximum absolute atomic E-state index is 10.7. The number of halogens is 5. The topological polar surface area (TPSA) is 9.23 Å². The summed E-state index contributed by atoms with van der Waals surface area (Å²) >= 11 is 0. The van der Waals surface area contributed by atoms with E-state index in [1.807, 2.05) is 0 Å². The van der Waals surface area contributed by atoms with Crippen LogP contribution in [-0.4, -0.2) is 20.0 Å². The summed E-state index contributed by atoms with van der Waals surface area (Å²) in [6.45, 7) is -1.83. The van der Waals surface area contributed by atoms with Gasteiger partial charge in [-0.3, -0.25) is 4.39 Å². The van der Waals surface area contributed by atoms with Gasteiger partial charge in [0.25, 0.3) is 0 Å². The lowest BCUT2D eigenvalue weighted by Crippen LogP contribution is -2.13. The van der Waals surface area contributed by atoms with Crippen LogP contribution in [-0.2, 0) is 4.94 Å². The third kappa shape index (κ3) is 18.4. The van der Waals surface area contributed by atoms with Crippen molar-refractivity contribution in [1.29, 1.82) is 0 Å². The molecule has 0 rings (SSSR count). The van der Waals surface area contributed by atoms with Crippen molar-refractivity contribution in [3.63, 3.8) is 0 Å². The lowest BCUT2D eigenvalue weighted by molar-refractivity contribution is -0.245. The van der Waals surface area contributed by atoms with E-state index in [-0.39, 0.29) is 0 Å². The zero-order valence-electron chi connectivity index (χ0n) is 4.51. The van der Waals surface area contributed by atoms with Crippen molar-refractivity contribution in [3.8, 4) is 0 Å². The average molecular weight is 152 g/mol. The molecule has 0 aromatic rings. The SMILES string of the molecule is CF.FOCC(F)(F)F. The molecule has 0 spiro atoms. The van der Waals surface area contributed by atoms with Crippen molar-refractivity contribution >= 4 is 0 Å². The number of rotatable bonds is 1. The molecule has 0 fully saturated rings. The largest absolute Gasteiger partial charge is 0.415 e. The molecule has 0 bridgehead atoms. The van der Waals surface area contributed by atoms with Gasteiger partial charge in [0.15, 0.2) is 6.61 Å². The van der Waals surface area contributed by atoms with Crippen molar-refractivity contribution < 1.29 is 27.0 Å². The van der Waals surface area contributed by atoms with Crippen LogP contribution < -0.4 is 0 Å². The van der Waals surface area contributed by atoms with Crippen molar-refractivity contribution in [2.24, 2.45) is 0 Å². The molecule has 0 N–H and O–H groups in total. The van der Waals surface area contributed by atoms with Crippen LogP contribution in [0.5, 0.6) is 0 Å². The third-order valence-electron chi connectivity index (χ3n) is 0.218. The highest BCUT2D eigenvalue weighted by atomic mass is 19.4. The van der Waals surface area contributed by atoms with Gasteiger partial charge >= 0.3 is 6.18 Å². The summed E-state index contributed by atoms with van der Waals surface area (Å²) in [7, 11) is 0.500. The van der Waals surface area contributed by atoms with E-state index in [1.54, 1.807) is 0 Å². The van der Waals surface area contributed by atoms with Crippen molar-refractivity contribution in [2.75, 3.05) is 13.8 Å². The summed E-state index contributed by atoms with van der Waals surface area (Å²) in [5, 5.41) is 0. The zero-order chi connectivity index (χ0) is 7.91. The van der Waals surface area contributed by atoms with Crippen molar-refractivity contribution in [3.05, 3.63) is 0 Å². The molecule has 0 aromatic carbocycles. The van der Waals surface area contributed by atoms with E-state index in [9.17, 15) is 22.1 Å². The van der Waals surface area contributed by atoms with E-state index in [4.69, 9.17) is 0 Å². The molecule has 9 heavy (non-hydrogen) atoms. The van der Waals surface area contributed by atoms with E-state index in [1.165, 1.54) is 0 Å². The first kappa shape index (κ1) is 11.4. The van der Waals surface area contributed by atoms with E-state index >= 15 is 0 Å². The maximum Gasteiger partial charge on any atom is 0.415 e. The Labute approximate surface area is 48.3 Å². The minimum atomic E-state index is -4.55. The van der Waals surface area contributed by atoms with Crippen molar-refractivity contribution in [2.45, 2.75) is 6.18 Å². The Morgan fingerprint density at radius 2 is 1.56 bits per heavy atom. The molecule has 0 saturated carbocycles. The van der Waals surface area contributed by atoms with Gasteiger partial charge in [-0.05, 0) is 4.53 Å². The second kappa shape index (κ2) is 5.74. The summed E-state index contributed by atoms with van der Waals surface area (Å²) in [4.78, 5) is 2.28. The van der Waals surface area contributed by atoms with E-state index in [2.05, 4.69) is 4.94 Å². The Morgan fingerprint density at radius 3 is 1.56 bits per heavy atom.